The van der Waals surface area contributed by atoms with Crippen LogP contribution >= 0.6 is 0 Å². The molecule has 11 rings (SSSR count). The molecule has 6 heteroatoms. The molecular formula is C45H25N3O3. The molecule has 238 valence electrons. The number of aromatic nitrogens is 3. The van der Waals surface area contributed by atoms with Gasteiger partial charge in [-0.05, 0) is 42.0 Å². The van der Waals surface area contributed by atoms with E-state index >= 15 is 0 Å². The first kappa shape index (κ1) is 27.9. The molecule has 0 aliphatic heterocycles. The number of fused-ring (bicyclic) bond motifs is 9. The molecule has 6 nitrogen and oxygen atoms in total. The fraction of sp³-hybridized carbons (Fsp3) is 0. The van der Waals surface area contributed by atoms with Crippen LogP contribution in [-0.2, 0) is 0 Å². The van der Waals surface area contributed by atoms with Crippen LogP contribution in [0.2, 0.25) is 0 Å². The third kappa shape index (κ3) is 4.40. The van der Waals surface area contributed by atoms with Crippen LogP contribution in [0.4, 0.5) is 0 Å². The van der Waals surface area contributed by atoms with Gasteiger partial charge in [0.2, 0.25) is 0 Å². The Labute approximate surface area is 290 Å². The lowest BCUT2D eigenvalue weighted by Gasteiger charge is -2.10. The van der Waals surface area contributed by atoms with Crippen LogP contribution in [0.3, 0.4) is 0 Å². The van der Waals surface area contributed by atoms with Crippen molar-refractivity contribution in [1.82, 2.24) is 15.0 Å². The van der Waals surface area contributed by atoms with Crippen LogP contribution in [0.1, 0.15) is 0 Å². The molecule has 0 N–H and O–H groups in total. The Morgan fingerprint density at radius 2 is 0.824 bits per heavy atom. The van der Waals surface area contributed by atoms with Gasteiger partial charge in [0.1, 0.15) is 33.5 Å². The average molecular weight is 656 g/mol. The number of benzene rings is 7. The van der Waals surface area contributed by atoms with Gasteiger partial charge in [-0.1, -0.05) is 109 Å². The van der Waals surface area contributed by atoms with Crippen molar-refractivity contribution in [2.75, 3.05) is 0 Å². The lowest BCUT2D eigenvalue weighted by atomic mass is 10.00. The summed E-state index contributed by atoms with van der Waals surface area (Å²) in [6.45, 7) is 0. The van der Waals surface area contributed by atoms with Crippen LogP contribution in [0.5, 0.6) is 0 Å². The maximum Gasteiger partial charge on any atom is 0.164 e. The Kier molecular flexibility index (Phi) is 5.86. The third-order valence-corrected chi connectivity index (χ3v) is 9.73. The molecule has 0 amide bonds. The summed E-state index contributed by atoms with van der Waals surface area (Å²) < 4.78 is 19.0. The maximum atomic E-state index is 6.59. The van der Waals surface area contributed by atoms with Crippen molar-refractivity contribution >= 4 is 65.8 Å². The molecule has 0 saturated heterocycles. The summed E-state index contributed by atoms with van der Waals surface area (Å²) in [7, 11) is 0. The lowest BCUT2D eigenvalue weighted by molar-refractivity contribution is 0.656. The summed E-state index contributed by atoms with van der Waals surface area (Å²) in [5, 5.41) is 6.41. The van der Waals surface area contributed by atoms with Crippen molar-refractivity contribution in [3.63, 3.8) is 0 Å². The van der Waals surface area contributed by atoms with Gasteiger partial charge in [-0.3, -0.25) is 0 Å². The van der Waals surface area contributed by atoms with E-state index in [0.29, 0.717) is 17.5 Å². The van der Waals surface area contributed by atoms with Gasteiger partial charge >= 0.3 is 0 Å². The molecule has 0 bridgehead atoms. The molecule has 0 saturated carbocycles. The summed E-state index contributed by atoms with van der Waals surface area (Å²) in [6, 6.07) is 51.1. The smallest absolute Gasteiger partial charge is 0.164 e. The molecule has 4 heterocycles. The first-order valence-electron chi connectivity index (χ1n) is 16.8. The average Bonchev–Trinajstić information content (AvgIpc) is 3.87. The highest BCUT2D eigenvalue weighted by Gasteiger charge is 2.18. The van der Waals surface area contributed by atoms with E-state index in [1.54, 1.807) is 0 Å². The standard InChI is InChI=1S/C45H25N3O3/c1-2-10-26(11-3-1)43-46-44(48-45(47-43)29-20-21-33-31-14-4-6-18-37(31)49-39(33)23-29)28-13-8-12-27(22-28)30-16-9-17-34-36-24-35-32-15-5-7-19-38(32)50-40(35)25-41(36)51-42(30)34/h1-25H. The Morgan fingerprint density at radius 3 is 1.61 bits per heavy atom. The molecule has 4 aromatic heterocycles. The van der Waals surface area contributed by atoms with Crippen LogP contribution in [-0.4, -0.2) is 15.0 Å². The number of furan rings is 3. The molecule has 0 atom stereocenters. The molecule has 51 heavy (non-hydrogen) atoms. The van der Waals surface area contributed by atoms with Crippen LogP contribution in [0.25, 0.3) is 111 Å². The monoisotopic (exact) mass is 655 g/mol. The highest BCUT2D eigenvalue weighted by Crippen LogP contribution is 2.40. The first-order chi connectivity index (χ1) is 25.2. The number of para-hydroxylation sites is 3. The SMILES string of the molecule is c1ccc(-c2nc(-c3cccc(-c4cccc5c4oc4cc6oc7ccccc7c6cc45)c3)nc(-c3ccc4c(c3)oc3ccccc34)n2)cc1. The quantitative estimate of drug-likeness (QED) is 0.188. The maximum absolute atomic E-state index is 6.59. The molecule has 0 aliphatic carbocycles. The molecule has 0 fully saturated rings. The molecule has 0 spiro atoms. The van der Waals surface area contributed by atoms with E-state index in [0.717, 1.165) is 93.6 Å². The topological polar surface area (TPSA) is 78.1 Å². The molecular weight excluding hydrogens is 631 g/mol. The molecule has 11 aromatic rings. The molecule has 0 aliphatic rings. The second-order valence-electron chi connectivity index (χ2n) is 12.8. The fourth-order valence-electron chi connectivity index (χ4n) is 7.29. The van der Waals surface area contributed by atoms with E-state index < -0.39 is 0 Å². The van der Waals surface area contributed by atoms with Gasteiger partial charge in [-0.25, -0.2) is 15.0 Å². The van der Waals surface area contributed by atoms with Gasteiger partial charge in [0.05, 0.1) is 0 Å². The predicted molar refractivity (Wildman–Crippen MR) is 203 cm³/mol. The highest BCUT2D eigenvalue weighted by molar-refractivity contribution is 6.17. The lowest BCUT2D eigenvalue weighted by Crippen LogP contribution is -2.00. The fourth-order valence-corrected chi connectivity index (χ4v) is 7.29. The highest BCUT2D eigenvalue weighted by atomic mass is 16.3. The van der Waals surface area contributed by atoms with Crippen LogP contribution in [0.15, 0.2) is 165 Å². The van der Waals surface area contributed by atoms with Crippen molar-refractivity contribution in [3.05, 3.63) is 152 Å². The minimum absolute atomic E-state index is 0.572. The Morgan fingerprint density at radius 1 is 0.294 bits per heavy atom. The molecule has 7 aromatic carbocycles. The minimum atomic E-state index is 0.572. The van der Waals surface area contributed by atoms with E-state index in [1.165, 1.54) is 0 Å². The second-order valence-corrected chi connectivity index (χ2v) is 12.8. The number of hydrogen-bond donors (Lipinski definition) is 0. The van der Waals surface area contributed by atoms with E-state index in [1.807, 2.05) is 91.0 Å². The number of rotatable bonds is 4. The van der Waals surface area contributed by atoms with Gasteiger partial charge in [0.25, 0.3) is 0 Å². The first-order valence-corrected chi connectivity index (χ1v) is 16.8. The van der Waals surface area contributed by atoms with Crippen molar-refractivity contribution in [3.8, 4) is 45.3 Å². The van der Waals surface area contributed by atoms with Crippen molar-refractivity contribution in [2.45, 2.75) is 0 Å². The summed E-state index contributed by atoms with van der Waals surface area (Å²) in [4.78, 5) is 15.0. The molecule has 0 unspecified atom stereocenters. The van der Waals surface area contributed by atoms with Gasteiger partial charge in [-0.15, -0.1) is 0 Å². The van der Waals surface area contributed by atoms with Gasteiger partial charge < -0.3 is 13.3 Å². The second kappa shape index (κ2) is 10.7. The zero-order valence-corrected chi connectivity index (χ0v) is 27.0. The van der Waals surface area contributed by atoms with Crippen molar-refractivity contribution in [2.24, 2.45) is 0 Å². The van der Waals surface area contributed by atoms with Crippen molar-refractivity contribution < 1.29 is 13.3 Å². The minimum Gasteiger partial charge on any atom is -0.456 e. The number of hydrogen-bond acceptors (Lipinski definition) is 6. The summed E-state index contributed by atoms with van der Waals surface area (Å²) in [5.41, 5.74) is 9.55. The van der Waals surface area contributed by atoms with Gasteiger partial charge in [0.15, 0.2) is 17.5 Å². The van der Waals surface area contributed by atoms with Gasteiger partial charge in [-0.2, -0.15) is 0 Å². The Hall–Kier alpha value is -7.05. The van der Waals surface area contributed by atoms with E-state index in [4.69, 9.17) is 28.2 Å². The van der Waals surface area contributed by atoms with E-state index in [2.05, 4.69) is 60.7 Å². The van der Waals surface area contributed by atoms with E-state index in [-0.39, 0.29) is 0 Å². The number of nitrogens with zero attached hydrogens (tertiary/aromatic N) is 3. The zero-order valence-electron chi connectivity index (χ0n) is 27.0. The summed E-state index contributed by atoms with van der Waals surface area (Å²) >= 11 is 0. The van der Waals surface area contributed by atoms with Crippen LogP contribution in [0, 0.1) is 0 Å². The van der Waals surface area contributed by atoms with Crippen LogP contribution < -0.4 is 0 Å². The largest absolute Gasteiger partial charge is 0.456 e. The third-order valence-electron chi connectivity index (χ3n) is 9.73. The van der Waals surface area contributed by atoms with E-state index in [9.17, 15) is 0 Å². The molecule has 0 radical (unpaired) electrons. The van der Waals surface area contributed by atoms with Gasteiger partial charge in [0, 0.05) is 60.6 Å². The predicted octanol–water partition coefficient (Wildman–Crippen LogP) is 12.2. The Bertz CT molecular complexity index is 3150. The zero-order chi connectivity index (χ0) is 33.5. The van der Waals surface area contributed by atoms with Crippen molar-refractivity contribution in [1.29, 1.82) is 0 Å². The summed E-state index contributed by atoms with van der Waals surface area (Å²) in [6.07, 6.45) is 0. The normalized spacial score (nSPS) is 11.9. The summed E-state index contributed by atoms with van der Waals surface area (Å²) in [5.74, 6) is 1.75. The Balaban J connectivity index is 1.06.